The number of carboxylic acid groups (broad SMARTS) is 1. The van der Waals surface area contributed by atoms with Crippen LogP contribution in [0.2, 0.25) is 5.02 Å². The van der Waals surface area contributed by atoms with E-state index in [0.717, 1.165) is 5.56 Å². The van der Waals surface area contributed by atoms with Crippen LogP contribution in [0.4, 0.5) is 11.4 Å². The second-order valence-electron chi connectivity index (χ2n) is 4.33. The minimum Gasteiger partial charge on any atom is -0.481 e. The molecule has 0 radical (unpaired) electrons. The van der Waals surface area contributed by atoms with Crippen LogP contribution in [0, 0.1) is 6.92 Å². The Kier molecular flexibility index (Phi) is 3.17. The first-order chi connectivity index (χ1) is 8.40. The molecule has 0 saturated carbocycles. The van der Waals surface area contributed by atoms with E-state index in [0.29, 0.717) is 16.4 Å². The lowest BCUT2D eigenvalue weighted by Crippen LogP contribution is -2.46. The van der Waals surface area contributed by atoms with Gasteiger partial charge in [0, 0.05) is 7.05 Å². The van der Waals surface area contributed by atoms with Gasteiger partial charge in [0.1, 0.15) is 6.04 Å². The summed E-state index contributed by atoms with van der Waals surface area (Å²) in [4.78, 5) is 24.2. The minimum atomic E-state index is -1.03. The molecular weight excluding hydrogens is 256 g/mol. The number of rotatable bonds is 2. The fraction of sp³-hybridized carbons (Fsp3) is 0.333. The van der Waals surface area contributed by atoms with Crippen molar-refractivity contribution in [1.82, 2.24) is 0 Å². The Balaban J connectivity index is 2.44. The number of halogens is 1. The molecule has 0 bridgehead atoms. The summed E-state index contributed by atoms with van der Waals surface area (Å²) in [6, 6.07) is 2.83. The summed E-state index contributed by atoms with van der Waals surface area (Å²) in [7, 11) is 1.62. The second-order valence-corrected chi connectivity index (χ2v) is 4.74. The van der Waals surface area contributed by atoms with Crippen molar-refractivity contribution in [2.45, 2.75) is 19.4 Å². The Labute approximate surface area is 109 Å². The predicted octanol–water partition coefficient (Wildman–Crippen LogP) is 1.88. The number of benzene rings is 1. The van der Waals surface area contributed by atoms with Crippen molar-refractivity contribution in [3.05, 3.63) is 22.7 Å². The molecule has 0 spiro atoms. The molecule has 0 fully saturated rings. The topological polar surface area (TPSA) is 69.6 Å². The number of carboxylic acids is 1. The van der Waals surface area contributed by atoms with Crippen molar-refractivity contribution in [2.75, 3.05) is 17.3 Å². The molecule has 1 aromatic rings. The molecule has 1 atom stereocenters. The zero-order valence-electron chi connectivity index (χ0n) is 10.0. The van der Waals surface area contributed by atoms with Gasteiger partial charge in [-0.25, -0.2) is 0 Å². The standard InChI is InChI=1S/C12H13ClN2O3/c1-6-3-7(13)11-9(4-6)15(2)12(18)8(14-11)5-10(16)17/h3-4,8,14H,5H2,1-2H3,(H,16,17). The summed E-state index contributed by atoms with van der Waals surface area (Å²) in [5, 5.41) is 12.2. The van der Waals surface area contributed by atoms with Gasteiger partial charge >= 0.3 is 5.97 Å². The monoisotopic (exact) mass is 268 g/mol. The molecule has 1 amide bonds. The zero-order valence-corrected chi connectivity index (χ0v) is 10.8. The van der Waals surface area contributed by atoms with Crippen LogP contribution in [0.5, 0.6) is 0 Å². The van der Waals surface area contributed by atoms with E-state index in [4.69, 9.17) is 16.7 Å². The Morgan fingerprint density at radius 3 is 2.83 bits per heavy atom. The number of nitrogens with one attached hydrogen (secondary N) is 1. The number of hydrogen-bond donors (Lipinski definition) is 2. The lowest BCUT2D eigenvalue weighted by atomic mass is 10.1. The smallest absolute Gasteiger partial charge is 0.305 e. The first-order valence-electron chi connectivity index (χ1n) is 5.46. The average Bonchev–Trinajstić information content (AvgIpc) is 2.26. The molecule has 1 aliphatic rings. The number of carbonyl (C=O) groups is 2. The van der Waals surface area contributed by atoms with Crippen LogP contribution in [0.15, 0.2) is 12.1 Å². The van der Waals surface area contributed by atoms with Crippen LogP contribution in [0.1, 0.15) is 12.0 Å². The highest BCUT2D eigenvalue weighted by Gasteiger charge is 2.32. The number of amides is 1. The van der Waals surface area contributed by atoms with Crippen LogP contribution < -0.4 is 10.2 Å². The highest BCUT2D eigenvalue weighted by atomic mass is 35.5. The third-order valence-electron chi connectivity index (χ3n) is 2.90. The van der Waals surface area contributed by atoms with Gasteiger partial charge in [-0.2, -0.15) is 0 Å². The lowest BCUT2D eigenvalue weighted by Gasteiger charge is -2.33. The maximum atomic E-state index is 12.0. The van der Waals surface area contributed by atoms with Crippen LogP contribution in [0.3, 0.4) is 0 Å². The van der Waals surface area contributed by atoms with Crippen LogP contribution in [-0.2, 0) is 9.59 Å². The third-order valence-corrected chi connectivity index (χ3v) is 3.20. The van der Waals surface area contributed by atoms with E-state index in [1.807, 2.05) is 13.0 Å². The van der Waals surface area contributed by atoms with Gasteiger partial charge in [-0.3, -0.25) is 9.59 Å². The molecule has 0 saturated heterocycles. The van der Waals surface area contributed by atoms with E-state index < -0.39 is 12.0 Å². The van der Waals surface area contributed by atoms with Gasteiger partial charge in [0.25, 0.3) is 0 Å². The predicted molar refractivity (Wildman–Crippen MR) is 69.3 cm³/mol. The molecule has 6 heteroatoms. The van der Waals surface area contributed by atoms with E-state index in [-0.39, 0.29) is 12.3 Å². The van der Waals surface area contributed by atoms with E-state index in [2.05, 4.69) is 5.32 Å². The minimum absolute atomic E-state index is 0.271. The molecule has 5 nitrogen and oxygen atoms in total. The van der Waals surface area contributed by atoms with Crippen LogP contribution >= 0.6 is 11.6 Å². The quantitative estimate of drug-likeness (QED) is 0.859. The van der Waals surface area contributed by atoms with Gasteiger partial charge in [-0.15, -0.1) is 0 Å². The van der Waals surface area contributed by atoms with E-state index >= 15 is 0 Å². The normalized spacial score (nSPS) is 18.3. The first kappa shape index (κ1) is 12.7. The van der Waals surface area contributed by atoms with E-state index in [1.165, 1.54) is 4.90 Å². The Morgan fingerprint density at radius 1 is 1.56 bits per heavy atom. The van der Waals surface area contributed by atoms with Crippen molar-refractivity contribution in [3.63, 3.8) is 0 Å². The van der Waals surface area contributed by atoms with Gasteiger partial charge in [-0.05, 0) is 24.6 Å². The third kappa shape index (κ3) is 2.13. The van der Waals surface area contributed by atoms with Crippen LogP contribution in [0.25, 0.3) is 0 Å². The Bertz CT molecular complexity index is 530. The molecule has 2 rings (SSSR count). The molecule has 1 heterocycles. The number of hydrogen-bond acceptors (Lipinski definition) is 3. The summed E-state index contributed by atoms with van der Waals surface area (Å²) < 4.78 is 0. The van der Waals surface area contributed by atoms with Crippen molar-refractivity contribution in [3.8, 4) is 0 Å². The molecule has 1 unspecified atom stereocenters. The number of aryl methyl sites for hydroxylation is 1. The summed E-state index contributed by atoms with van der Waals surface area (Å²) in [5.74, 6) is -1.30. The molecule has 0 aromatic heterocycles. The number of anilines is 2. The lowest BCUT2D eigenvalue weighted by molar-refractivity contribution is -0.138. The SMILES string of the molecule is Cc1cc(Cl)c2c(c1)N(C)C(=O)C(CC(=O)O)N2. The maximum absolute atomic E-state index is 12.0. The van der Waals surface area contributed by atoms with E-state index in [9.17, 15) is 9.59 Å². The number of carbonyl (C=O) groups excluding carboxylic acids is 1. The van der Waals surface area contributed by atoms with Gasteiger partial charge in [0.05, 0.1) is 22.8 Å². The van der Waals surface area contributed by atoms with Gasteiger partial charge in [0.15, 0.2) is 0 Å². The molecule has 2 N–H and O–H groups in total. The Morgan fingerprint density at radius 2 is 2.22 bits per heavy atom. The average molecular weight is 269 g/mol. The zero-order chi connectivity index (χ0) is 13.4. The van der Waals surface area contributed by atoms with E-state index in [1.54, 1.807) is 13.1 Å². The molecule has 1 aromatic carbocycles. The highest BCUT2D eigenvalue weighted by molar-refractivity contribution is 6.34. The maximum Gasteiger partial charge on any atom is 0.305 e. The van der Waals surface area contributed by atoms with Crippen molar-refractivity contribution in [2.24, 2.45) is 0 Å². The molecule has 1 aliphatic heterocycles. The number of aliphatic carboxylic acids is 1. The number of likely N-dealkylation sites (N-methyl/N-ethyl adjacent to an activating group) is 1. The molecule has 0 aliphatic carbocycles. The van der Waals surface area contributed by atoms with Crippen molar-refractivity contribution < 1.29 is 14.7 Å². The summed E-state index contributed by atoms with van der Waals surface area (Å²) >= 11 is 6.11. The van der Waals surface area contributed by atoms with Gasteiger partial charge < -0.3 is 15.3 Å². The molecular formula is C12H13ClN2O3. The highest BCUT2D eigenvalue weighted by Crippen LogP contribution is 2.38. The fourth-order valence-corrected chi connectivity index (χ4v) is 2.36. The van der Waals surface area contributed by atoms with Gasteiger partial charge in [0.2, 0.25) is 5.91 Å². The molecule has 18 heavy (non-hydrogen) atoms. The van der Waals surface area contributed by atoms with Crippen molar-refractivity contribution >= 4 is 34.9 Å². The number of fused-ring (bicyclic) bond motifs is 1. The first-order valence-corrected chi connectivity index (χ1v) is 5.84. The fourth-order valence-electron chi connectivity index (χ4n) is 2.03. The summed E-state index contributed by atoms with van der Waals surface area (Å²) in [5.41, 5.74) is 2.22. The van der Waals surface area contributed by atoms with Gasteiger partial charge in [-0.1, -0.05) is 11.6 Å². The summed E-state index contributed by atoms with van der Waals surface area (Å²) in [6.07, 6.45) is -0.271. The van der Waals surface area contributed by atoms with Crippen molar-refractivity contribution in [1.29, 1.82) is 0 Å². The summed E-state index contributed by atoms with van der Waals surface area (Å²) in [6.45, 7) is 1.88. The largest absolute Gasteiger partial charge is 0.481 e. The second kappa shape index (κ2) is 4.49. The van der Waals surface area contributed by atoms with Crippen LogP contribution in [-0.4, -0.2) is 30.1 Å². The Hall–Kier alpha value is -1.75. The molecule has 96 valence electrons. The number of nitrogens with zero attached hydrogens (tertiary/aromatic N) is 1.